The molecular weight excluding hydrogens is 258 g/mol. The van der Waals surface area contributed by atoms with Crippen LogP contribution in [0.1, 0.15) is 43.5 Å². The molecule has 1 aliphatic heterocycles. The molecule has 1 aromatic heterocycles. The van der Waals surface area contributed by atoms with Crippen LogP contribution in [-0.4, -0.2) is 26.9 Å². The number of hydrogen-bond acceptors (Lipinski definition) is 2. The summed E-state index contributed by atoms with van der Waals surface area (Å²) in [7, 11) is 0. The van der Waals surface area contributed by atoms with Crippen LogP contribution in [0.4, 0.5) is 0 Å². The van der Waals surface area contributed by atoms with Crippen LogP contribution in [-0.2, 0) is 0 Å². The fourth-order valence-electron chi connectivity index (χ4n) is 1.91. The van der Waals surface area contributed by atoms with E-state index >= 15 is 0 Å². The molecule has 1 atom stereocenters. The number of rotatable bonds is 3. The van der Waals surface area contributed by atoms with E-state index < -0.39 is 0 Å². The number of aromatic nitrogens is 2. The standard InChI is InChI=1S/C10H14BrN3O/c1-3-4-5-13-7(2)14-8(11)6-12-9(14)10(13)15/h6-7H,3-5H2,1-2H3. The van der Waals surface area contributed by atoms with Crippen molar-refractivity contribution in [1.29, 1.82) is 0 Å². The van der Waals surface area contributed by atoms with Gasteiger partial charge >= 0.3 is 0 Å². The summed E-state index contributed by atoms with van der Waals surface area (Å²) in [6.07, 6.45) is 3.90. The number of hydrogen-bond donors (Lipinski definition) is 0. The lowest BCUT2D eigenvalue weighted by atomic mass is 10.3. The minimum Gasteiger partial charge on any atom is -0.315 e. The van der Waals surface area contributed by atoms with E-state index in [1.807, 2.05) is 16.4 Å². The van der Waals surface area contributed by atoms with Gasteiger partial charge in [-0.15, -0.1) is 0 Å². The zero-order valence-corrected chi connectivity index (χ0v) is 10.5. The number of fused-ring (bicyclic) bond motifs is 1. The summed E-state index contributed by atoms with van der Waals surface area (Å²) < 4.78 is 2.80. The lowest BCUT2D eigenvalue weighted by molar-refractivity contribution is 0.0707. The van der Waals surface area contributed by atoms with Crippen molar-refractivity contribution in [3.8, 4) is 0 Å². The van der Waals surface area contributed by atoms with Gasteiger partial charge in [-0.05, 0) is 29.3 Å². The third-order valence-electron chi connectivity index (χ3n) is 2.78. The predicted octanol–water partition coefficient (Wildman–Crippen LogP) is 2.42. The van der Waals surface area contributed by atoms with Crippen molar-refractivity contribution in [1.82, 2.24) is 14.5 Å². The van der Waals surface area contributed by atoms with Crippen LogP contribution < -0.4 is 0 Å². The Kier molecular flexibility index (Phi) is 2.82. The average Bonchev–Trinajstić information content (AvgIpc) is 2.69. The van der Waals surface area contributed by atoms with E-state index in [-0.39, 0.29) is 12.1 Å². The molecule has 0 saturated carbocycles. The molecule has 2 rings (SSSR count). The average molecular weight is 272 g/mol. The van der Waals surface area contributed by atoms with Crippen molar-refractivity contribution in [2.75, 3.05) is 6.54 Å². The van der Waals surface area contributed by atoms with E-state index in [4.69, 9.17) is 0 Å². The highest BCUT2D eigenvalue weighted by Gasteiger charge is 2.35. The third-order valence-corrected chi connectivity index (χ3v) is 3.37. The van der Waals surface area contributed by atoms with Crippen LogP contribution in [0.15, 0.2) is 10.8 Å². The Bertz CT molecular complexity index is 388. The molecule has 1 unspecified atom stereocenters. The van der Waals surface area contributed by atoms with E-state index in [2.05, 4.69) is 27.8 Å². The second-order valence-corrected chi connectivity index (χ2v) is 4.57. The Balaban J connectivity index is 2.25. The monoisotopic (exact) mass is 271 g/mol. The summed E-state index contributed by atoms with van der Waals surface area (Å²) in [4.78, 5) is 17.9. The van der Waals surface area contributed by atoms with Crippen molar-refractivity contribution < 1.29 is 4.79 Å². The minimum absolute atomic E-state index is 0.0432. The van der Waals surface area contributed by atoms with Crippen molar-refractivity contribution in [3.05, 3.63) is 16.6 Å². The van der Waals surface area contributed by atoms with Crippen LogP contribution in [0.2, 0.25) is 0 Å². The van der Waals surface area contributed by atoms with Gasteiger partial charge in [-0.2, -0.15) is 0 Å². The molecule has 0 spiro atoms. The highest BCUT2D eigenvalue weighted by Crippen LogP contribution is 2.30. The molecular formula is C10H14BrN3O. The van der Waals surface area contributed by atoms with Gasteiger partial charge in [0.25, 0.3) is 5.91 Å². The van der Waals surface area contributed by atoms with Gasteiger partial charge in [0.15, 0.2) is 0 Å². The van der Waals surface area contributed by atoms with Gasteiger partial charge in [0, 0.05) is 6.54 Å². The third kappa shape index (κ3) is 1.58. The molecule has 2 heterocycles. The molecule has 0 radical (unpaired) electrons. The van der Waals surface area contributed by atoms with E-state index in [0.29, 0.717) is 5.82 Å². The van der Waals surface area contributed by atoms with Crippen LogP contribution in [0.25, 0.3) is 0 Å². The largest absolute Gasteiger partial charge is 0.315 e. The highest BCUT2D eigenvalue weighted by molar-refractivity contribution is 9.10. The molecule has 1 aromatic rings. The summed E-state index contributed by atoms with van der Waals surface area (Å²) in [6, 6.07) is 0. The number of amides is 1. The second kappa shape index (κ2) is 3.96. The Morgan fingerprint density at radius 3 is 2.93 bits per heavy atom. The smallest absolute Gasteiger partial charge is 0.291 e. The van der Waals surface area contributed by atoms with E-state index in [1.54, 1.807) is 6.20 Å². The first-order chi connectivity index (χ1) is 7.16. The van der Waals surface area contributed by atoms with Gasteiger partial charge in [-0.25, -0.2) is 4.98 Å². The molecule has 0 saturated heterocycles. The molecule has 0 aliphatic carbocycles. The number of nitrogens with zero attached hydrogens (tertiary/aromatic N) is 3. The van der Waals surface area contributed by atoms with Crippen LogP contribution >= 0.6 is 15.9 Å². The van der Waals surface area contributed by atoms with Crippen LogP contribution in [0.3, 0.4) is 0 Å². The molecule has 82 valence electrons. The summed E-state index contributed by atoms with van der Waals surface area (Å²) in [5.74, 6) is 0.590. The Labute approximate surface area is 97.4 Å². The highest BCUT2D eigenvalue weighted by atomic mass is 79.9. The number of unbranched alkanes of at least 4 members (excludes halogenated alkanes) is 1. The Morgan fingerprint density at radius 1 is 1.60 bits per heavy atom. The first-order valence-electron chi connectivity index (χ1n) is 5.20. The lowest BCUT2D eigenvalue weighted by Gasteiger charge is -2.22. The van der Waals surface area contributed by atoms with E-state index in [0.717, 1.165) is 24.0 Å². The molecule has 1 amide bonds. The fraction of sp³-hybridized carbons (Fsp3) is 0.600. The van der Waals surface area contributed by atoms with E-state index in [1.165, 1.54) is 0 Å². The summed E-state index contributed by atoms with van der Waals surface area (Å²) >= 11 is 3.40. The topological polar surface area (TPSA) is 38.1 Å². The van der Waals surface area contributed by atoms with Crippen LogP contribution in [0.5, 0.6) is 0 Å². The van der Waals surface area contributed by atoms with Gasteiger partial charge < -0.3 is 4.90 Å². The van der Waals surface area contributed by atoms with Gasteiger partial charge in [-0.3, -0.25) is 9.36 Å². The SMILES string of the molecule is CCCCN1C(=O)c2ncc(Br)n2C1C. The number of carbonyl (C=O) groups excluding carboxylic acids is 1. The maximum atomic E-state index is 11.9. The molecule has 0 N–H and O–H groups in total. The summed E-state index contributed by atoms with van der Waals surface area (Å²) in [6.45, 7) is 4.96. The molecule has 0 aromatic carbocycles. The number of carbonyl (C=O) groups is 1. The molecule has 15 heavy (non-hydrogen) atoms. The molecule has 4 nitrogen and oxygen atoms in total. The second-order valence-electron chi connectivity index (χ2n) is 3.76. The maximum absolute atomic E-state index is 11.9. The minimum atomic E-state index is 0.0432. The predicted molar refractivity (Wildman–Crippen MR) is 60.6 cm³/mol. The van der Waals surface area contributed by atoms with Gasteiger partial charge in [-0.1, -0.05) is 13.3 Å². The molecule has 0 fully saturated rings. The number of halogens is 1. The van der Waals surface area contributed by atoms with Crippen LogP contribution in [0, 0.1) is 0 Å². The summed E-state index contributed by atoms with van der Waals surface area (Å²) in [5.41, 5.74) is 0. The van der Waals surface area contributed by atoms with Crippen molar-refractivity contribution in [3.63, 3.8) is 0 Å². The normalized spacial score (nSPS) is 19.8. The maximum Gasteiger partial charge on any atom is 0.291 e. The quantitative estimate of drug-likeness (QED) is 0.847. The fourth-order valence-corrected chi connectivity index (χ4v) is 2.47. The van der Waals surface area contributed by atoms with Gasteiger partial charge in [0.05, 0.1) is 6.20 Å². The zero-order valence-electron chi connectivity index (χ0n) is 8.90. The van der Waals surface area contributed by atoms with Crippen molar-refractivity contribution in [2.45, 2.75) is 32.9 Å². The molecule has 0 bridgehead atoms. The Morgan fingerprint density at radius 2 is 2.33 bits per heavy atom. The van der Waals surface area contributed by atoms with Gasteiger partial charge in [0.1, 0.15) is 10.8 Å². The lowest BCUT2D eigenvalue weighted by Crippen LogP contribution is -2.29. The first-order valence-corrected chi connectivity index (χ1v) is 5.99. The Hall–Kier alpha value is -0.840. The zero-order chi connectivity index (χ0) is 11.0. The van der Waals surface area contributed by atoms with Gasteiger partial charge in [0.2, 0.25) is 5.82 Å². The summed E-state index contributed by atoms with van der Waals surface area (Å²) in [5, 5.41) is 0. The molecule has 5 heteroatoms. The number of imidazole rings is 1. The van der Waals surface area contributed by atoms with Crippen molar-refractivity contribution in [2.24, 2.45) is 0 Å². The van der Waals surface area contributed by atoms with E-state index in [9.17, 15) is 4.79 Å². The van der Waals surface area contributed by atoms with Crippen molar-refractivity contribution >= 4 is 21.8 Å². The first kappa shape index (κ1) is 10.7. The molecule has 1 aliphatic rings.